The van der Waals surface area contributed by atoms with Crippen molar-refractivity contribution >= 4 is 40.6 Å². The van der Waals surface area contributed by atoms with E-state index >= 15 is 0 Å². The van der Waals surface area contributed by atoms with Crippen LogP contribution in [0.4, 0.5) is 5.69 Å². The second-order valence-electron chi connectivity index (χ2n) is 5.90. The first kappa shape index (κ1) is 21.3. The number of benzene rings is 1. The van der Waals surface area contributed by atoms with Gasteiger partial charge < -0.3 is 15.4 Å². The Hall–Kier alpha value is -3.00. The van der Waals surface area contributed by atoms with E-state index in [1.54, 1.807) is 23.6 Å². The van der Waals surface area contributed by atoms with Crippen LogP contribution < -0.4 is 10.6 Å². The van der Waals surface area contributed by atoms with Crippen molar-refractivity contribution in [2.75, 3.05) is 18.5 Å². The number of ether oxygens (including phenoxy) is 1. The van der Waals surface area contributed by atoms with Crippen molar-refractivity contribution in [3.8, 4) is 0 Å². The molecule has 0 spiro atoms. The maximum atomic E-state index is 11.9. The Labute approximate surface area is 167 Å². The first-order valence-electron chi connectivity index (χ1n) is 8.86. The van der Waals surface area contributed by atoms with Gasteiger partial charge in [-0.05, 0) is 29.5 Å². The van der Waals surface area contributed by atoms with E-state index in [1.165, 1.54) is 11.3 Å². The number of ketones is 1. The molecular weight excluding hydrogens is 380 g/mol. The van der Waals surface area contributed by atoms with Gasteiger partial charge in [0.25, 0.3) is 5.91 Å². The van der Waals surface area contributed by atoms with Crippen LogP contribution in [0.5, 0.6) is 0 Å². The Morgan fingerprint density at radius 2 is 1.79 bits per heavy atom. The molecule has 2 amide bonds. The average molecular weight is 402 g/mol. The lowest BCUT2D eigenvalue weighted by molar-refractivity contribution is -0.148. The lowest BCUT2D eigenvalue weighted by atomic mass is 10.1. The van der Waals surface area contributed by atoms with Crippen molar-refractivity contribution in [3.05, 3.63) is 52.2 Å². The van der Waals surface area contributed by atoms with Crippen LogP contribution in [0.25, 0.3) is 0 Å². The van der Waals surface area contributed by atoms with Gasteiger partial charge in [-0.3, -0.25) is 19.2 Å². The normalized spacial score (nSPS) is 10.2. The summed E-state index contributed by atoms with van der Waals surface area (Å²) in [6.45, 7) is 1.26. The number of hydrogen-bond donors (Lipinski definition) is 2. The number of anilines is 1. The number of carbonyl (C=O) groups is 4. The van der Waals surface area contributed by atoms with E-state index in [1.807, 2.05) is 25.1 Å². The molecule has 0 radical (unpaired) electrons. The maximum absolute atomic E-state index is 11.9. The van der Waals surface area contributed by atoms with Gasteiger partial charge in [0, 0.05) is 12.1 Å². The highest BCUT2D eigenvalue weighted by Gasteiger charge is 2.13. The fourth-order valence-electron chi connectivity index (χ4n) is 2.37. The van der Waals surface area contributed by atoms with Gasteiger partial charge in [0.2, 0.25) is 5.91 Å². The minimum Gasteiger partial charge on any atom is -0.456 e. The van der Waals surface area contributed by atoms with Gasteiger partial charge >= 0.3 is 5.97 Å². The standard InChI is InChI=1S/C20H22N2O5S/c1-2-14-6-3-4-7-15(14)22-18(24)12-21-19(25)13-27-20(26)10-9-16(23)17-8-5-11-28-17/h3-8,11H,2,9-10,12-13H2,1H3,(H,21,25)(H,22,24). The zero-order valence-corrected chi connectivity index (χ0v) is 16.3. The molecule has 0 aliphatic carbocycles. The monoisotopic (exact) mass is 402 g/mol. The summed E-state index contributed by atoms with van der Waals surface area (Å²) < 4.78 is 4.83. The molecule has 0 bridgehead atoms. The molecule has 0 saturated carbocycles. The minimum atomic E-state index is -0.638. The molecule has 0 unspecified atom stereocenters. The molecule has 2 N–H and O–H groups in total. The van der Waals surface area contributed by atoms with Crippen LogP contribution in [0.2, 0.25) is 0 Å². The van der Waals surface area contributed by atoms with E-state index in [0.717, 1.165) is 12.0 Å². The summed E-state index contributed by atoms with van der Waals surface area (Å²) in [6.07, 6.45) is 0.701. The minimum absolute atomic E-state index is 0.0280. The average Bonchev–Trinajstić information content (AvgIpc) is 3.24. The van der Waals surface area contributed by atoms with Crippen molar-refractivity contribution in [1.29, 1.82) is 0 Å². The van der Waals surface area contributed by atoms with E-state index in [4.69, 9.17) is 4.74 Å². The Morgan fingerprint density at radius 3 is 2.50 bits per heavy atom. The van der Waals surface area contributed by atoms with Crippen molar-refractivity contribution in [3.63, 3.8) is 0 Å². The van der Waals surface area contributed by atoms with Gasteiger partial charge in [0.1, 0.15) is 0 Å². The highest BCUT2D eigenvalue weighted by atomic mass is 32.1. The van der Waals surface area contributed by atoms with E-state index in [0.29, 0.717) is 10.6 Å². The smallest absolute Gasteiger partial charge is 0.306 e. The molecule has 7 nitrogen and oxygen atoms in total. The second kappa shape index (κ2) is 11.0. The van der Waals surface area contributed by atoms with Gasteiger partial charge in [-0.15, -0.1) is 11.3 Å². The Bertz CT molecular complexity index is 833. The molecule has 0 atom stereocenters. The quantitative estimate of drug-likeness (QED) is 0.470. The lowest BCUT2D eigenvalue weighted by Gasteiger charge is -2.10. The van der Waals surface area contributed by atoms with Gasteiger partial charge in [0.05, 0.1) is 17.8 Å². The predicted octanol–water partition coefficient (Wildman–Crippen LogP) is 2.57. The van der Waals surface area contributed by atoms with Crippen LogP contribution in [-0.4, -0.2) is 36.7 Å². The fraction of sp³-hybridized carbons (Fsp3) is 0.300. The SMILES string of the molecule is CCc1ccccc1NC(=O)CNC(=O)COC(=O)CCC(=O)c1cccs1. The molecular formula is C20H22N2O5S. The van der Waals surface area contributed by atoms with Gasteiger partial charge in [-0.25, -0.2) is 0 Å². The number of esters is 1. The second-order valence-corrected chi connectivity index (χ2v) is 6.84. The highest BCUT2D eigenvalue weighted by Crippen LogP contribution is 2.15. The lowest BCUT2D eigenvalue weighted by Crippen LogP contribution is -2.35. The molecule has 148 valence electrons. The number of nitrogens with one attached hydrogen (secondary N) is 2. The number of para-hydroxylation sites is 1. The number of carbonyl (C=O) groups excluding carboxylic acids is 4. The Morgan fingerprint density at radius 1 is 1.00 bits per heavy atom. The van der Waals surface area contributed by atoms with E-state index in [-0.39, 0.29) is 31.1 Å². The van der Waals surface area contributed by atoms with Crippen LogP contribution >= 0.6 is 11.3 Å². The Kier molecular flexibility index (Phi) is 8.36. The van der Waals surface area contributed by atoms with Crippen LogP contribution in [0.3, 0.4) is 0 Å². The third-order valence-electron chi connectivity index (χ3n) is 3.83. The molecule has 0 aliphatic heterocycles. The first-order chi connectivity index (χ1) is 13.5. The van der Waals surface area contributed by atoms with Crippen molar-refractivity contribution < 1.29 is 23.9 Å². The largest absolute Gasteiger partial charge is 0.456 e. The molecule has 8 heteroatoms. The molecule has 2 rings (SSSR count). The molecule has 0 saturated heterocycles. The number of amides is 2. The van der Waals surface area contributed by atoms with Crippen molar-refractivity contribution in [2.24, 2.45) is 0 Å². The summed E-state index contributed by atoms with van der Waals surface area (Å²) in [7, 11) is 0. The molecule has 1 heterocycles. The number of thiophene rings is 1. The topological polar surface area (TPSA) is 102 Å². The first-order valence-corrected chi connectivity index (χ1v) is 9.74. The van der Waals surface area contributed by atoms with E-state index < -0.39 is 18.5 Å². The summed E-state index contributed by atoms with van der Waals surface area (Å²) in [6, 6.07) is 10.9. The molecule has 0 fully saturated rings. The summed E-state index contributed by atoms with van der Waals surface area (Å²) in [4.78, 5) is 47.7. The highest BCUT2D eigenvalue weighted by molar-refractivity contribution is 7.12. The summed E-state index contributed by atoms with van der Waals surface area (Å²) in [5.74, 6) is -1.74. The third-order valence-corrected chi connectivity index (χ3v) is 4.75. The zero-order chi connectivity index (χ0) is 20.4. The van der Waals surface area contributed by atoms with Crippen LogP contribution in [0.1, 0.15) is 35.0 Å². The summed E-state index contributed by atoms with van der Waals surface area (Å²) in [5, 5.41) is 6.90. The number of aryl methyl sites for hydroxylation is 1. The third kappa shape index (κ3) is 6.96. The Balaban J connectivity index is 1.64. The van der Waals surface area contributed by atoms with E-state index in [9.17, 15) is 19.2 Å². The van der Waals surface area contributed by atoms with Gasteiger partial charge in [0.15, 0.2) is 12.4 Å². The fourth-order valence-corrected chi connectivity index (χ4v) is 3.06. The zero-order valence-electron chi connectivity index (χ0n) is 15.5. The molecule has 2 aromatic rings. The summed E-state index contributed by atoms with van der Waals surface area (Å²) >= 11 is 1.31. The van der Waals surface area contributed by atoms with Crippen molar-refractivity contribution in [2.45, 2.75) is 26.2 Å². The molecule has 1 aromatic heterocycles. The van der Waals surface area contributed by atoms with E-state index in [2.05, 4.69) is 10.6 Å². The molecule has 1 aromatic carbocycles. The van der Waals surface area contributed by atoms with Crippen LogP contribution in [0.15, 0.2) is 41.8 Å². The van der Waals surface area contributed by atoms with Crippen LogP contribution in [-0.2, 0) is 25.5 Å². The van der Waals surface area contributed by atoms with Gasteiger partial charge in [-0.2, -0.15) is 0 Å². The molecule has 0 aliphatic rings. The number of rotatable bonds is 10. The van der Waals surface area contributed by atoms with Crippen molar-refractivity contribution in [1.82, 2.24) is 5.32 Å². The number of Topliss-reactive ketones (excluding diaryl/α,β-unsaturated/α-hetero) is 1. The number of hydrogen-bond acceptors (Lipinski definition) is 6. The molecule has 28 heavy (non-hydrogen) atoms. The summed E-state index contributed by atoms with van der Waals surface area (Å²) in [5.41, 5.74) is 1.69. The maximum Gasteiger partial charge on any atom is 0.306 e. The van der Waals surface area contributed by atoms with Gasteiger partial charge in [-0.1, -0.05) is 31.2 Å². The predicted molar refractivity (Wildman–Crippen MR) is 106 cm³/mol. The van der Waals surface area contributed by atoms with Crippen LogP contribution in [0, 0.1) is 0 Å².